The molecule has 0 saturated carbocycles. The monoisotopic (exact) mass is 302 g/mol. The maximum atomic E-state index is 12.0. The molecule has 0 spiro atoms. The number of carbonyl (C=O) groups is 1. The van der Waals surface area contributed by atoms with Crippen molar-refractivity contribution in [3.05, 3.63) is 35.3 Å². The van der Waals surface area contributed by atoms with Crippen molar-refractivity contribution >= 4 is 17.5 Å². The van der Waals surface area contributed by atoms with Gasteiger partial charge in [0.25, 0.3) is 0 Å². The van der Waals surface area contributed by atoms with Crippen molar-refractivity contribution in [3.63, 3.8) is 0 Å². The molecule has 118 valence electrons. The third-order valence-electron chi connectivity index (χ3n) is 3.38. The predicted molar refractivity (Wildman–Crippen MR) is 86.9 cm³/mol. The van der Waals surface area contributed by atoms with E-state index in [0.29, 0.717) is 6.54 Å². The van der Waals surface area contributed by atoms with E-state index in [2.05, 4.69) is 26.0 Å². The Labute approximate surface area is 130 Å². The lowest BCUT2D eigenvalue weighted by Crippen LogP contribution is -2.28. The van der Waals surface area contributed by atoms with Crippen LogP contribution in [0.2, 0.25) is 0 Å². The van der Waals surface area contributed by atoms with Crippen molar-refractivity contribution < 1.29 is 4.79 Å². The predicted octanol–water partition coefficient (Wildman–Crippen LogP) is 2.19. The fraction of sp³-hybridized carbons (Fsp3) is 0.400. The molecule has 2 heterocycles. The second-order valence-corrected chi connectivity index (χ2v) is 5.06. The molecule has 0 bridgehead atoms. The molecule has 0 saturated heterocycles. The molecule has 0 radical (unpaired) electrons. The summed E-state index contributed by atoms with van der Waals surface area (Å²) in [6, 6.07) is 3.55. The van der Waals surface area contributed by atoms with Gasteiger partial charge in [0.2, 0.25) is 0 Å². The lowest BCUT2D eigenvalue weighted by Gasteiger charge is -2.09. The first-order valence-electron chi connectivity index (χ1n) is 7.25. The Morgan fingerprint density at radius 3 is 2.77 bits per heavy atom. The lowest BCUT2D eigenvalue weighted by molar-refractivity contribution is 0.251. The Morgan fingerprint density at radius 1 is 1.36 bits per heavy atom. The Kier molecular flexibility index (Phi) is 4.98. The number of nitrogens with zero attached hydrogens (tertiary/aromatic N) is 3. The fourth-order valence-corrected chi connectivity index (χ4v) is 2.16. The standard InChI is InChI=1S/C15H22N6O/c1-5-16-13-8-12(6-7-17-13)9-18-15(22)19-14-10(2)20-21(4)11(14)3/h6-8H,5,9H2,1-4H3,(H,16,17)(H2,18,19,22). The van der Waals surface area contributed by atoms with E-state index < -0.39 is 0 Å². The summed E-state index contributed by atoms with van der Waals surface area (Å²) in [6.07, 6.45) is 1.72. The lowest BCUT2D eigenvalue weighted by atomic mass is 10.2. The van der Waals surface area contributed by atoms with Crippen molar-refractivity contribution in [1.29, 1.82) is 0 Å². The normalized spacial score (nSPS) is 10.4. The zero-order valence-electron chi connectivity index (χ0n) is 13.4. The minimum atomic E-state index is -0.249. The molecule has 2 aromatic rings. The van der Waals surface area contributed by atoms with Gasteiger partial charge in [-0.25, -0.2) is 9.78 Å². The molecule has 0 atom stereocenters. The Hall–Kier alpha value is -2.57. The highest BCUT2D eigenvalue weighted by atomic mass is 16.2. The summed E-state index contributed by atoms with van der Waals surface area (Å²) in [5.74, 6) is 0.807. The molecule has 0 fully saturated rings. The molecule has 0 aromatic carbocycles. The van der Waals surface area contributed by atoms with Crippen LogP contribution in [0.1, 0.15) is 23.9 Å². The Morgan fingerprint density at radius 2 is 2.14 bits per heavy atom. The van der Waals surface area contributed by atoms with E-state index in [1.165, 1.54) is 0 Å². The highest BCUT2D eigenvalue weighted by Crippen LogP contribution is 2.18. The zero-order valence-corrected chi connectivity index (χ0v) is 13.4. The van der Waals surface area contributed by atoms with Crippen LogP contribution in [0.3, 0.4) is 0 Å². The molecule has 0 unspecified atom stereocenters. The number of urea groups is 1. The third kappa shape index (κ3) is 3.75. The van der Waals surface area contributed by atoms with Crippen LogP contribution in [0, 0.1) is 13.8 Å². The number of carbonyl (C=O) groups excluding carboxylic acids is 1. The molecule has 2 amide bonds. The van der Waals surface area contributed by atoms with Crippen LogP contribution < -0.4 is 16.0 Å². The summed E-state index contributed by atoms with van der Waals surface area (Å²) in [5.41, 5.74) is 3.46. The van der Waals surface area contributed by atoms with E-state index in [9.17, 15) is 4.79 Å². The van der Waals surface area contributed by atoms with E-state index in [0.717, 1.165) is 35.0 Å². The van der Waals surface area contributed by atoms with Gasteiger partial charge in [-0.2, -0.15) is 5.10 Å². The van der Waals surface area contributed by atoms with Gasteiger partial charge >= 0.3 is 6.03 Å². The van der Waals surface area contributed by atoms with Gasteiger partial charge in [-0.15, -0.1) is 0 Å². The van der Waals surface area contributed by atoms with Crippen LogP contribution >= 0.6 is 0 Å². The SMILES string of the molecule is CCNc1cc(CNC(=O)Nc2c(C)nn(C)c2C)ccn1. The van der Waals surface area contributed by atoms with Gasteiger partial charge in [0.05, 0.1) is 17.1 Å². The minimum absolute atomic E-state index is 0.249. The zero-order chi connectivity index (χ0) is 16.1. The van der Waals surface area contributed by atoms with Crippen LogP contribution in [-0.4, -0.2) is 27.3 Å². The second kappa shape index (κ2) is 6.93. The van der Waals surface area contributed by atoms with Gasteiger partial charge in [-0.1, -0.05) is 0 Å². The number of hydrogen-bond donors (Lipinski definition) is 3. The van der Waals surface area contributed by atoms with Gasteiger partial charge in [-0.3, -0.25) is 4.68 Å². The summed E-state index contributed by atoms with van der Waals surface area (Å²) in [4.78, 5) is 16.2. The molecule has 0 aliphatic heterocycles. The van der Waals surface area contributed by atoms with Gasteiger partial charge < -0.3 is 16.0 Å². The number of pyridine rings is 1. The molecule has 0 aliphatic rings. The molecule has 7 nitrogen and oxygen atoms in total. The van der Waals surface area contributed by atoms with Crippen molar-refractivity contribution in [2.75, 3.05) is 17.2 Å². The smallest absolute Gasteiger partial charge is 0.319 e. The highest BCUT2D eigenvalue weighted by molar-refractivity contribution is 5.90. The average molecular weight is 302 g/mol. The number of nitrogens with one attached hydrogen (secondary N) is 3. The molecule has 7 heteroatoms. The van der Waals surface area contributed by atoms with Crippen LogP contribution in [0.15, 0.2) is 18.3 Å². The molecule has 2 rings (SSSR count). The number of anilines is 2. The van der Waals surface area contributed by atoms with E-state index >= 15 is 0 Å². The number of aryl methyl sites for hydroxylation is 2. The maximum absolute atomic E-state index is 12.0. The summed E-state index contributed by atoms with van der Waals surface area (Å²) >= 11 is 0. The number of hydrogen-bond acceptors (Lipinski definition) is 4. The number of rotatable bonds is 5. The van der Waals surface area contributed by atoms with E-state index in [-0.39, 0.29) is 6.03 Å². The molecule has 2 aromatic heterocycles. The highest BCUT2D eigenvalue weighted by Gasteiger charge is 2.12. The fourth-order valence-electron chi connectivity index (χ4n) is 2.16. The quantitative estimate of drug-likeness (QED) is 0.790. The summed E-state index contributed by atoms with van der Waals surface area (Å²) < 4.78 is 1.75. The largest absolute Gasteiger partial charge is 0.370 e. The van der Waals surface area contributed by atoms with Crippen LogP contribution in [0.25, 0.3) is 0 Å². The van der Waals surface area contributed by atoms with Gasteiger partial charge in [0.1, 0.15) is 5.82 Å². The van der Waals surface area contributed by atoms with Crippen molar-refractivity contribution in [1.82, 2.24) is 20.1 Å². The molecular formula is C15H22N6O. The molecule has 0 aliphatic carbocycles. The van der Waals surface area contributed by atoms with Crippen molar-refractivity contribution in [3.8, 4) is 0 Å². The molecular weight excluding hydrogens is 280 g/mol. The summed E-state index contributed by atoms with van der Waals surface area (Å²) in [7, 11) is 1.85. The topological polar surface area (TPSA) is 83.9 Å². The van der Waals surface area contributed by atoms with E-state index in [4.69, 9.17) is 0 Å². The van der Waals surface area contributed by atoms with Crippen molar-refractivity contribution in [2.45, 2.75) is 27.3 Å². The first-order chi connectivity index (χ1) is 10.5. The van der Waals surface area contributed by atoms with E-state index in [1.54, 1.807) is 10.9 Å². The minimum Gasteiger partial charge on any atom is -0.370 e. The Balaban J connectivity index is 1.94. The molecule has 22 heavy (non-hydrogen) atoms. The van der Waals surface area contributed by atoms with Crippen LogP contribution in [-0.2, 0) is 13.6 Å². The Bertz CT molecular complexity index is 664. The van der Waals surface area contributed by atoms with Gasteiger partial charge in [-0.05, 0) is 38.5 Å². The number of amides is 2. The van der Waals surface area contributed by atoms with Crippen LogP contribution in [0.4, 0.5) is 16.3 Å². The van der Waals surface area contributed by atoms with Crippen molar-refractivity contribution in [2.24, 2.45) is 7.05 Å². The van der Waals surface area contributed by atoms with Crippen LogP contribution in [0.5, 0.6) is 0 Å². The average Bonchev–Trinajstić information content (AvgIpc) is 2.72. The molecule has 3 N–H and O–H groups in total. The maximum Gasteiger partial charge on any atom is 0.319 e. The van der Waals surface area contributed by atoms with Gasteiger partial charge in [0.15, 0.2) is 0 Å². The summed E-state index contributed by atoms with van der Waals surface area (Å²) in [6.45, 7) is 7.04. The first kappa shape index (κ1) is 15.8. The third-order valence-corrected chi connectivity index (χ3v) is 3.38. The number of aromatic nitrogens is 3. The van der Waals surface area contributed by atoms with Gasteiger partial charge in [0, 0.05) is 26.3 Å². The summed E-state index contributed by atoms with van der Waals surface area (Å²) in [5, 5.41) is 13.1. The van der Waals surface area contributed by atoms with E-state index in [1.807, 2.05) is 40.0 Å². The second-order valence-electron chi connectivity index (χ2n) is 5.06. The first-order valence-corrected chi connectivity index (χ1v) is 7.25.